The predicted octanol–water partition coefficient (Wildman–Crippen LogP) is 3.91. The van der Waals surface area contributed by atoms with Crippen LogP contribution in [0.3, 0.4) is 0 Å². The monoisotopic (exact) mass is 397 g/mol. The van der Waals surface area contributed by atoms with E-state index in [9.17, 15) is 23.1 Å². The Labute approximate surface area is 156 Å². The van der Waals surface area contributed by atoms with E-state index in [-0.39, 0.29) is 12.1 Å². The van der Waals surface area contributed by atoms with E-state index in [1.54, 1.807) is 23.6 Å². The van der Waals surface area contributed by atoms with E-state index in [4.69, 9.17) is 4.42 Å². The number of benzene rings is 1. The Kier molecular flexibility index (Phi) is 5.24. The Balaban J connectivity index is 1.72. The van der Waals surface area contributed by atoms with Gasteiger partial charge in [-0.15, -0.1) is 24.5 Å². The molecule has 3 rings (SSSR count). The highest BCUT2D eigenvalue weighted by atomic mass is 32.1. The number of halogens is 3. The summed E-state index contributed by atoms with van der Waals surface area (Å²) < 4.78 is 45.4. The number of hydrogen-bond donors (Lipinski definition) is 2. The van der Waals surface area contributed by atoms with E-state index >= 15 is 0 Å². The van der Waals surface area contributed by atoms with Crippen LogP contribution < -0.4 is 10.1 Å². The van der Waals surface area contributed by atoms with Gasteiger partial charge in [0.25, 0.3) is 5.91 Å². The molecule has 9 heteroatoms. The van der Waals surface area contributed by atoms with Gasteiger partial charge in [-0.05, 0) is 41.8 Å². The van der Waals surface area contributed by atoms with Gasteiger partial charge in [0, 0.05) is 16.0 Å². The van der Waals surface area contributed by atoms with Crippen LogP contribution in [-0.4, -0.2) is 23.9 Å². The van der Waals surface area contributed by atoms with Gasteiger partial charge in [0.15, 0.2) is 0 Å². The molecule has 142 valence electrons. The molecule has 0 fully saturated rings. The molecule has 2 aromatic heterocycles. The van der Waals surface area contributed by atoms with Crippen LogP contribution in [0.1, 0.15) is 20.8 Å². The van der Waals surface area contributed by atoms with Crippen LogP contribution in [0.2, 0.25) is 0 Å². The Morgan fingerprint density at radius 2 is 1.93 bits per heavy atom. The van der Waals surface area contributed by atoms with Crippen molar-refractivity contribution in [2.75, 3.05) is 6.54 Å². The fourth-order valence-corrected chi connectivity index (χ4v) is 3.31. The molecule has 0 aliphatic heterocycles. The van der Waals surface area contributed by atoms with Gasteiger partial charge in [0.1, 0.15) is 11.4 Å². The minimum absolute atomic E-state index is 0.130. The first-order valence-electron chi connectivity index (χ1n) is 7.71. The van der Waals surface area contributed by atoms with Gasteiger partial charge in [-0.1, -0.05) is 6.07 Å². The summed E-state index contributed by atoms with van der Waals surface area (Å²) in [5, 5.41) is 15.5. The first-order valence-corrected chi connectivity index (χ1v) is 8.59. The molecule has 0 aliphatic rings. The van der Waals surface area contributed by atoms with E-state index in [1.165, 1.54) is 36.0 Å². The number of hydrogen-bond acceptors (Lipinski definition) is 5. The summed E-state index contributed by atoms with van der Waals surface area (Å²) in [7, 11) is 0. The zero-order valence-corrected chi connectivity index (χ0v) is 14.5. The first kappa shape index (κ1) is 19.0. The lowest BCUT2D eigenvalue weighted by Gasteiger charge is -2.26. The molecule has 0 radical (unpaired) electrons. The summed E-state index contributed by atoms with van der Waals surface area (Å²) in [5.74, 6) is -0.973. The quantitative estimate of drug-likeness (QED) is 0.662. The van der Waals surface area contributed by atoms with Gasteiger partial charge >= 0.3 is 6.36 Å². The lowest BCUT2D eigenvalue weighted by Crippen LogP contribution is -2.41. The number of thiophene rings is 1. The van der Waals surface area contributed by atoms with E-state index < -0.39 is 23.6 Å². The molecule has 27 heavy (non-hydrogen) atoms. The molecule has 2 heterocycles. The van der Waals surface area contributed by atoms with Crippen LogP contribution in [-0.2, 0) is 5.60 Å². The number of rotatable bonds is 6. The van der Waals surface area contributed by atoms with Crippen LogP contribution in [0.4, 0.5) is 13.2 Å². The van der Waals surface area contributed by atoms with Crippen molar-refractivity contribution in [3.63, 3.8) is 0 Å². The molecule has 1 aromatic carbocycles. The van der Waals surface area contributed by atoms with Crippen molar-refractivity contribution in [1.82, 2.24) is 5.32 Å². The van der Waals surface area contributed by atoms with Crippen molar-refractivity contribution < 1.29 is 32.2 Å². The maximum absolute atomic E-state index is 12.3. The Morgan fingerprint density at radius 1 is 1.19 bits per heavy atom. The minimum Gasteiger partial charge on any atom is -0.472 e. The first-order chi connectivity index (χ1) is 12.8. The number of nitrogens with one attached hydrogen (secondary N) is 1. The van der Waals surface area contributed by atoms with Gasteiger partial charge < -0.3 is 19.6 Å². The molecular formula is C18H14F3NO4S. The van der Waals surface area contributed by atoms with E-state index in [2.05, 4.69) is 10.1 Å². The Bertz CT molecular complexity index is 840. The molecular weight excluding hydrogens is 383 g/mol. The normalized spacial score (nSPS) is 13.8. The highest BCUT2D eigenvalue weighted by molar-refractivity contribution is 7.10. The van der Waals surface area contributed by atoms with E-state index in [0.29, 0.717) is 10.4 Å². The zero-order chi connectivity index (χ0) is 19.5. The topological polar surface area (TPSA) is 71.7 Å². The average Bonchev–Trinajstić information content (AvgIpc) is 3.32. The van der Waals surface area contributed by atoms with Crippen LogP contribution in [0.15, 0.2) is 64.8 Å². The van der Waals surface area contributed by atoms with Gasteiger partial charge in [-0.3, -0.25) is 4.79 Å². The third kappa shape index (κ3) is 4.50. The fourth-order valence-electron chi connectivity index (χ4n) is 2.46. The molecule has 1 unspecified atom stereocenters. The summed E-state index contributed by atoms with van der Waals surface area (Å²) in [6.45, 7) is -0.146. The Hall–Kier alpha value is -2.78. The van der Waals surface area contributed by atoms with Gasteiger partial charge in [0.05, 0.1) is 19.1 Å². The molecule has 1 atom stereocenters. The molecule has 1 amide bonds. The van der Waals surface area contributed by atoms with Crippen molar-refractivity contribution in [1.29, 1.82) is 0 Å². The lowest BCUT2D eigenvalue weighted by molar-refractivity contribution is -0.274. The van der Waals surface area contributed by atoms with Gasteiger partial charge in [0.2, 0.25) is 0 Å². The highest BCUT2D eigenvalue weighted by Gasteiger charge is 2.34. The molecule has 0 saturated carbocycles. The predicted molar refractivity (Wildman–Crippen MR) is 91.5 cm³/mol. The number of ether oxygens (including phenoxy) is 1. The molecule has 5 nitrogen and oxygen atoms in total. The van der Waals surface area contributed by atoms with Gasteiger partial charge in [-0.2, -0.15) is 0 Å². The van der Waals surface area contributed by atoms with Crippen molar-refractivity contribution >= 4 is 17.2 Å². The maximum atomic E-state index is 12.3. The number of alkyl halides is 3. The third-order valence-electron chi connectivity index (χ3n) is 3.78. The maximum Gasteiger partial charge on any atom is 0.573 e. The van der Waals surface area contributed by atoms with Crippen LogP contribution in [0.25, 0.3) is 0 Å². The van der Waals surface area contributed by atoms with Gasteiger partial charge in [-0.25, -0.2) is 0 Å². The number of amides is 1. The molecule has 0 bridgehead atoms. The molecule has 0 saturated heterocycles. The second-order valence-corrected chi connectivity index (χ2v) is 6.55. The standard InChI is InChI=1S/C18H14F3NO4S/c19-18(20,21)26-14-5-3-12(4-6-14)16(23)22-11-17(24,13-7-8-25-10-13)15-2-1-9-27-15/h1-10,24H,11H2,(H,22,23). The number of furan rings is 1. The Morgan fingerprint density at radius 3 is 2.48 bits per heavy atom. The summed E-state index contributed by atoms with van der Waals surface area (Å²) >= 11 is 1.32. The summed E-state index contributed by atoms with van der Waals surface area (Å²) in [6.07, 6.45) is -2.00. The highest BCUT2D eigenvalue weighted by Crippen LogP contribution is 2.32. The van der Waals surface area contributed by atoms with E-state index in [0.717, 1.165) is 12.1 Å². The van der Waals surface area contributed by atoms with Crippen LogP contribution in [0, 0.1) is 0 Å². The van der Waals surface area contributed by atoms with Crippen molar-refractivity contribution in [2.45, 2.75) is 12.0 Å². The SMILES string of the molecule is O=C(NCC(O)(c1ccoc1)c1cccs1)c1ccc(OC(F)(F)F)cc1. The second kappa shape index (κ2) is 7.45. The minimum atomic E-state index is -4.80. The van der Waals surface area contributed by atoms with Crippen LogP contribution in [0.5, 0.6) is 5.75 Å². The largest absolute Gasteiger partial charge is 0.573 e. The van der Waals surface area contributed by atoms with Crippen molar-refractivity contribution in [3.8, 4) is 5.75 Å². The number of aliphatic hydroxyl groups is 1. The van der Waals surface area contributed by atoms with Crippen LogP contribution >= 0.6 is 11.3 Å². The second-order valence-electron chi connectivity index (χ2n) is 5.60. The summed E-state index contributed by atoms with van der Waals surface area (Å²) in [5.41, 5.74) is -0.889. The van der Waals surface area contributed by atoms with Crippen molar-refractivity contribution in [3.05, 3.63) is 76.4 Å². The van der Waals surface area contributed by atoms with Crippen molar-refractivity contribution in [2.24, 2.45) is 0 Å². The van der Waals surface area contributed by atoms with E-state index in [1.807, 2.05) is 0 Å². The fraction of sp³-hybridized carbons (Fsp3) is 0.167. The lowest BCUT2D eigenvalue weighted by atomic mass is 9.94. The number of carbonyl (C=O) groups is 1. The zero-order valence-electron chi connectivity index (χ0n) is 13.7. The number of carbonyl (C=O) groups excluding carboxylic acids is 1. The molecule has 2 N–H and O–H groups in total. The summed E-state index contributed by atoms with van der Waals surface area (Å²) in [6, 6.07) is 9.60. The molecule has 3 aromatic rings. The molecule has 0 aliphatic carbocycles. The molecule has 0 spiro atoms. The summed E-state index contributed by atoms with van der Waals surface area (Å²) in [4.78, 5) is 12.9. The third-order valence-corrected chi connectivity index (χ3v) is 4.80. The average molecular weight is 397 g/mol. The smallest absolute Gasteiger partial charge is 0.472 e.